The van der Waals surface area contributed by atoms with Gasteiger partial charge < -0.3 is 5.32 Å². The molecule has 38 heavy (non-hydrogen) atoms. The van der Waals surface area contributed by atoms with Gasteiger partial charge in [-0.1, -0.05) is 57.2 Å². The third kappa shape index (κ3) is 6.35. The molecule has 1 aliphatic carbocycles. The van der Waals surface area contributed by atoms with E-state index < -0.39 is 40.9 Å². The molecule has 4 rings (SSSR count). The SMILES string of the molecule is CC(C)(C)N(Cc1ccccc1)C(=O)On1nc(C(F)(F)F)cc1C(=O)Nc1cc(C2CC2Br)ccc1F. The van der Waals surface area contributed by atoms with Gasteiger partial charge in [-0.3, -0.25) is 14.5 Å². The van der Waals surface area contributed by atoms with Crippen molar-refractivity contribution in [3.05, 3.63) is 82.9 Å². The van der Waals surface area contributed by atoms with Crippen LogP contribution < -0.4 is 10.2 Å². The van der Waals surface area contributed by atoms with Crippen LogP contribution in [0.1, 0.15) is 60.4 Å². The Hall–Kier alpha value is -3.41. The highest BCUT2D eigenvalue weighted by Crippen LogP contribution is 2.47. The van der Waals surface area contributed by atoms with Crippen LogP contribution in [-0.4, -0.2) is 37.2 Å². The lowest BCUT2D eigenvalue weighted by atomic mass is 10.1. The molecule has 1 fully saturated rings. The Balaban J connectivity index is 1.62. The summed E-state index contributed by atoms with van der Waals surface area (Å²) in [5.74, 6) is -1.76. The molecule has 0 spiro atoms. The number of amides is 2. The molecule has 0 aliphatic heterocycles. The molecule has 0 radical (unpaired) electrons. The monoisotopic (exact) mass is 596 g/mol. The van der Waals surface area contributed by atoms with Gasteiger partial charge in [0.05, 0.1) is 5.69 Å². The normalized spacial score (nSPS) is 17.2. The van der Waals surface area contributed by atoms with E-state index in [2.05, 4.69) is 26.3 Å². The van der Waals surface area contributed by atoms with Crippen LogP contribution in [0.3, 0.4) is 0 Å². The van der Waals surface area contributed by atoms with Crippen molar-refractivity contribution < 1.29 is 32.0 Å². The van der Waals surface area contributed by atoms with Gasteiger partial charge in [0.15, 0.2) is 11.4 Å². The number of alkyl halides is 4. The summed E-state index contributed by atoms with van der Waals surface area (Å²) in [5, 5.41) is 5.58. The van der Waals surface area contributed by atoms with E-state index in [0.29, 0.717) is 6.07 Å². The van der Waals surface area contributed by atoms with E-state index >= 15 is 0 Å². The minimum atomic E-state index is -4.93. The maximum absolute atomic E-state index is 14.5. The number of aromatic nitrogens is 2. The molecule has 2 aromatic carbocycles. The van der Waals surface area contributed by atoms with Crippen molar-refractivity contribution in [1.29, 1.82) is 0 Å². The molecule has 2 unspecified atom stereocenters. The van der Waals surface area contributed by atoms with Crippen molar-refractivity contribution in [1.82, 2.24) is 14.8 Å². The zero-order valence-electron chi connectivity index (χ0n) is 20.7. The smallest absolute Gasteiger partial charge is 0.318 e. The van der Waals surface area contributed by atoms with Crippen molar-refractivity contribution in [3.63, 3.8) is 0 Å². The molecule has 1 aliphatic rings. The molecule has 2 atom stereocenters. The predicted octanol–water partition coefficient (Wildman–Crippen LogP) is 6.39. The maximum atomic E-state index is 14.5. The minimum absolute atomic E-state index is 0.0891. The standard InChI is InChI=1S/C26H25BrF4N4O3/c1-25(2,3)34(14-15-7-5-4-6-8-15)24(37)38-35-21(13-22(33-35)26(29,30)31)23(36)32-20-11-16(9-10-19(20)28)17-12-18(17)27/h4-11,13,17-18H,12,14H2,1-3H3,(H,32,36). The molecule has 3 aromatic rings. The highest BCUT2D eigenvalue weighted by atomic mass is 79.9. The molecule has 0 bridgehead atoms. The van der Waals surface area contributed by atoms with Gasteiger partial charge in [-0.2, -0.15) is 13.2 Å². The Morgan fingerprint density at radius 3 is 2.37 bits per heavy atom. The molecule has 1 aromatic heterocycles. The Kier molecular flexibility index (Phi) is 7.55. The molecule has 0 saturated heterocycles. The summed E-state index contributed by atoms with van der Waals surface area (Å²) in [6, 6.07) is 13.6. The predicted molar refractivity (Wildman–Crippen MR) is 135 cm³/mol. The number of hydrogen-bond donors (Lipinski definition) is 1. The summed E-state index contributed by atoms with van der Waals surface area (Å²) < 4.78 is 54.9. The fraction of sp³-hybridized carbons (Fsp3) is 0.346. The van der Waals surface area contributed by atoms with Gasteiger partial charge in [0.2, 0.25) is 0 Å². The van der Waals surface area contributed by atoms with Crippen LogP contribution in [0, 0.1) is 5.82 Å². The number of carbonyl (C=O) groups excluding carboxylic acids is 2. The van der Waals surface area contributed by atoms with Crippen LogP contribution in [0.15, 0.2) is 54.6 Å². The van der Waals surface area contributed by atoms with Crippen LogP contribution >= 0.6 is 15.9 Å². The zero-order chi connectivity index (χ0) is 27.8. The summed E-state index contributed by atoms with van der Waals surface area (Å²) in [5.41, 5.74) is -1.67. The lowest BCUT2D eigenvalue weighted by Gasteiger charge is -2.34. The van der Waals surface area contributed by atoms with Crippen LogP contribution in [-0.2, 0) is 12.7 Å². The Bertz CT molecular complexity index is 1340. The van der Waals surface area contributed by atoms with E-state index in [1.165, 1.54) is 17.0 Å². The molecule has 202 valence electrons. The van der Waals surface area contributed by atoms with Crippen molar-refractivity contribution in [2.24, 2.45) is 0 Å². The second-order valence-electron chi connectivity index (χ2n) is 9.94. The quantitative estimate of drug-likeness (QED) is 0.264. The number of anilines is 1. The highest BCUT2D eigenvalue weighted by molar-refractivity contribution is 9.09. The number of carbonyl (C=O) groups is 2. The van der Waals surface area contributed by atoms with Crippen LogP contribution in [0.2, 0.25) is 0 Å². The second-order valence-corrected chi connectivity index (χ2v) is 11.1. The maximum Gasteiger partial charge on any atom is 0.436 e. The first-order valence-electron chi connectivity index (χ1n) is 11.7. The summed E-state index contributed by atoms with van der Waals surface area (Å²) >= 11 is 3.46. The summed E-state index contributed by atoms with van der Waals surface area (Å²) in [4.78, 5) is 33.1. The molecule has 1 heterocycles. The number of hydrogen-bond acceptors (Lipinski definition) is 4. The lowest BCUT2D eigenvalue weighted by Crippen LogP contribution is -2.48. The van der Waals surface area contributed by atoms with Crippen molar-refractivity contribution in [2.45, 2.75) is 56.2 Å². The topological polar surface area (TPSA) is 76.5 Å². The molecular weight excluding hydrogens is 572 g/mol. The van der Waals surface area contributed by atoms with E-state index in [1.54, 1.807) is 57.2 Å². The number of nitrogens with one attached hydrogen (secondary N) is 1. The van der Waals surface area contributed by atoms with Gasteiger partial charge >= 0.3 is 12.3 Å². The molecular formula is C26H25BrF4N4O3. The van der Waals surface area contributed by atoms with Crippen molar-refractivity contribution >= 4 is 33.6 Å². The third-order valence-corrected chi connectivity index (χ3v) is 6.97. The molecule has 7 nitrogen and oxygen atoms in total. The first-order valence-corrected chi connectivity index (χ1v) is 12.6. The van der Waals surface area contributed by atoms with Crippen LogP contribution in [0.4, 0.5) is 28.0 Å². The van der Waals surface area contributed by atoms with E-state index in [0.717, 1.165) is 17.5 Å². The van der Waals surface area contributed by atoms with E-state index in [1.807, 2.05) is 0 Å². The average molecular weight is 597 g/mol. The van der Waals surface area contributed by atoms with E-state index in [-0.39, 0.29) is 27.8 Å². The van der Waals surface area contributed by atoms with E-state index in [4.69, 9.17) is 4.84 Å². The van der Waals surface area contributed by atoms with E-state index in [9.17, 15) is 27.2 Å². The Morgan fingerprint density at radius 1 is 1.13 bits per heavy atom. The van der Waals surface area contributed by atoms with Gasteiger partial charge in [-0.05, 0) is 56.4 Å². The van der Waals surface area contributed by atoms with Crippen molar-refractivity contribution in [2.75, 3.05) is 5.32 Å². The fourth-order valence-corrected chi connectivity index (χ4v) is 4.46. The van der Waals surface area contributed by atoms with Gasteiger partial charge in [0.25, 0.3) is 5.91 Å². The molecule has 12 heteroatoms. The highest BCUT2D eigenvalue weighted by Gasteiger charge is 2.39. The largest absolute Gasteiger partial charge is 0.436 e. The van der Waals surface area contributed by atoms with Crippen molar-refractivity contribution in [3.8, 4) is 0 Å². The number of nitrogens with zero attached hydrogens (tertiary/aromatic N) is 3. The lowest BCUT2D eigenvalue weighted by molar-refractivity contribution is -0.142. The molecule has 1 N–H and O–H groups in total. The second kappa shape index (κ2) is 10.4. The van der Waals surface area contributed by atoms with Crippen LogP contribution in [0.5, 0.6) is 0 Å². The molecule has 2 amide bonds. The number of halogens is 5. The fourth-order valence-electron chi connectivity index (χ4n) is 3.76. The molecule has 1 saturated carbocycles. The number of rotatable bonds is 6. The number of benzene rings is 2. The van der Waals surface area contributed by atoms with Crippen LogP contribution in [0.25, 0.3) is 0 Å². The Morgan fingerprint density at radius 2 is 1.79 bits per heavy atom. The van der Waals surface area contributed by atoms with Gasteiger partial charge in [0, 0.05) is 23.0 Å². The summed E-state index contributed by atoms with van der Waals surface area (Å²) in [7, 11) is 0. The van der Waals surface area contributed by atoms with Gasteiger partial charge in [-0.25, -0.2) is 9.18 Å². The first-order chi connectivity index (χ1) is 17.7. The third-order valence-electron chi connectivity index (χ3n) is 5.96. The zero-order valence-corrected chi connectivity index (χ0v) is 22.3. The van der Waals surface area contributed by atoms with Gasteiger partial charge in [0.1, 0.15) is 5.82 Å². The summed E-state index contributed by atoms with van der Waals surface area (Å²) in [6.45, 7) is 5.26. The summed E-state index contributed by atoms with van der Waals surface area (Å²) in [6.07, 6.45) is -5.12. The average Bonchev–Trinajstić information content (AvgIpc) is 3.40. The minimum Gasteiger partial charge on any atom is -0.318 e. The first kappa shape index (κ1) is 27.6. The van der Waals surface area contributed by atoms with Gasteiger partial charge in [-0.15, -0.1) is 5.10 Å². The Labute approximate surface area is 224 Å².